The summed E-state index contributed by atoms with van der Waals surface area (Å²) in [6, 6.07) is 0. The lowest BCUT2D eigenvalue weighted by molar-refractivity contribution is 0.297. The number of hydrogen-bond acceptors (Lipinski definition) is 1. The van der Waals surface area contributed by atoms with Gasteiger partial charge in [-0.3, -0.25) is 0 Å². The van der Waals surface area contributed by atoms with E-state index < -0.39 is 0 Å². The minimum absolute atomic E-state index is 0.490. The van der Waals surface area contributed by atoms with Crippen LogP contribution in [0.5, 0.6) is 0 Å². The van der Waals surface area contributed by atoms with E-state index in [-0.39, 0.29) is 0 Å². The third-order valence-electron chi connectivity index (χ3n) is 1.31. The highest BCUT2D eigenvalue weighted by atomic mass is 15.0. The molecule has 0 aliphatic rings. The topological polar surface area (TPSA) is 3.24 Å². The van der Waals surface area contributed by atoms with Gasteiger partial charge in [-0.2, -0.15) is 0 Å². The van der Waals surface area contributed by atoms with Gasteiger partial charge in [0.15, 0.2) is 0 Å². The Labute approximate surface area is 72.8 Å². The van der Waals surface area contributed by atoms with Crippen molar-refractivity contribution in [3.8, 4) is 0 Å². The van der Waals surface area contributed by atoms with Crippen molar-refractivity contribution < 1.29 is 0 Å². The second-order valence-corrected chi connectivity index (χ2v) is 4.11. The average Bonchev–Trinajstić information content (AvgIpc) is 1.87. The van der Waals surface area contributed by atoms with Crippen LogP contribution in [-0.4, -0.2) is 25.5 Å². The molecule has 1 nitrogen and oxygen atoms in total. The summed E-state index contributed by atoms with van der Waals surface area (Å²) in [4.78, 5) is 2.23. The number of hydrogen-bond donors (Lipinski definition) is 0. The molecule has 0 unspecified atom stereocenters. The van der Waals surface area contributed by atoms with Crippen molar-refractivity contribution in [2.75, 3.05) is 20.6 Å². The first-order valence-electron chi connectivity index (χ1n) is 4.56. The summed E-state index contributed by atoms with van der Waals surface area (Å²) in [6.45, 7) is 12.0. The monoisotopic (exact) mass is 159 g/mol. The molecule has 0 spiro atoms. The third-order valence-corrected chi connectivity index (χ3v) is 1.31. The first-order chi connectivity index (χ1) is 4.92. The van der Waals surface area contributed by atoms with Crippen molar-refractivity contribution in [1.29, 1.82) is 0 Å². The summed E-state index contributed by atoms with van der Waals surface area (Å²) in [6.07, 6.45) is 1.28. The summed E-state index contributed by atoms with van der Waals surface area (Å²) >= 11 is 0. The lowest BCUT2D eigenvalue weighted by Crippen LogP contribution is -2.19. The minimum atomic E-state index is 0.490. The average molecular weight is 159 g/mol. The third kappa shape index (κ3) is 17.8. The molecule has 11 heavy (non-hydrogen) atoms. The van der Waals surface area contributed by atoms with E-state index in [2.05, 4.69) is 39.8 Å². The molecule has 0 aromatic heterocycles. The van der Waals surface area contributed by atoms with E-state index >= 15 is 0 Å². The van der Waals surface area contributed by atoms with Crippen LogP contribution in [0.2, 0.25) is 0 Å². The van der Waals surface area contributed by atoms with Gasteiger partial charge >= 0.3 is 0 Å². The zero-order valence-electron chi connectivity index (χ0n) is 9.36. The van der Waals surface area contributed by atoms with Gasteiger partial charge in [0.1, 0.15) is 0 Å². The van der Waals surface area contributed by atoms with Gasteiger partial charge in [0.05, 0.1) is 0 Å². The van der Waals surface area contributed by atoms with Crippen molar-refractivity contribution in [3.05, 3.63) is 0 Å². The van der Waals surface area contributed by atoms with Gasteiger partial charge in [0.25, 0.3) is 0 Å². The fourth-order valence-corrected chi connectivity index (χ4v) is 0.559. The van der Waals surface area contributed by atoms with Crippen LogP contribution in [0.4, 0.5) is 0 Å². The van der Waals surface area contributed by atoms with Crippen LogP contribution in [0.25, 0.3) is 0 Å². The molecule has 0 aliphatic heterocycles. The highest BCUT2D eigenvalue weighted by molar-refractivity contribution is 4.62. The first-order valence-corrected chi connectivity index (χ1v) is 4.56. The van der Waals surface area contributed by atoms with Crippen LogP contribution in [0.1, 0.15) is 41.0 Å². The Morgan fingerprint density at radius 3 is 1.45 bits per heavy atom. The predicted octanol–water partition coefficient (Wildman–Crippen LogP) is 3.01. The molecule has 0 radical (unpaired) electrons. The molecule has 0 aromatic rings. The molecule has 0 heterocycles. The van der Waals surface area contributed by atoms with E-state index in [1.807, 2.05) is 13.8 Å². The highest BCUT2D eigenvalue weighted by Gasteiger charge is 2.08. The van der Waals surface area contributed by atoms with E-state index in [0.717, 1.165) is 0 Å². The summed E-state index contributed by atoms with van der Waals surface area (Å²) in [5.74, 6) is 0. The van der Waals surface area contributed by atoms with Gasteiger partial charge < -0.3 is 4.90 Å². The predicted molar refractivity (Wildman–Crippen MR) is 54.0 cm³/mol. The normalized spacial score (nSPS) is 10.9. The van der Waals surface area contributed by atoms with E-state index in [9.17, 15) is 0 Å². The van der Waals surface area contributed by atoms with Crippen LogP contribution in [0.3, 0.4) is 0 Å². The molecular formula is C10H25N. The van der Waals surface area contributed by atoms with Gasteiger partial charge in [-0.25, -0.2) is 0 Å². The summed E-state index contributed by atoms with van der Waals surface area (Å²) in [5.41, 5.74) is 0.490. The van der Waals surface area contributed by atoms with E-state index in [4.69, 9.17) is 0 Å². The Morgan fingerprint density at radius 1 is 1.00 bits per heavy atom. The van der Waals surface area contributed by atoms with Gasteiger partial charge in [0.2, 0.25) is 0 Å². The largest absolute Gasteiger partial charge is 0.309 e. The molecule has 0 bridgehead atoms. The van der Waals surface area contributed by atoms with Crippen LogP contribution in [0.15, 0.2) is 0 Å². The maximum absolute atomic E-state index is 2.27. The molecule has 0 saturated heterocycles. The van der Waals surface area contributed by atoms with Crippen LogP contribution < -0.4 is 0 Å². The molecule has 0 fully saturated rings. The lowest BCUT2D eigenvalue weighted by Gasteiger charge is -2.20. The maximum Gasteiger partial charge on any atom is -0.00198 e. The second kappa shape index (κ2) is 6.66. The fourth-order valence-electron chi connectivity index (χ4n) is 0.559. The number of nitrogens with zero attached hydrogens (tertiary/aromatic N) is 1. The standard InChI is InChI=1S/C8H19N.C2H6/c1-8(2,3)6-7-9(4)5;1-2/h6-7H2,1-5H3;1-2H3. The minimum Gasteiger partial charge on any atom is -0.309 e. The van der Waals surface area contributed by atoms with Crippen molar-refractivity contribution >= 4 is 0 Å². The molecule has 0 aromatic carbocycles. The Morgan fingerprint density at radius 2 is 1.36 bits per heavy atom. The SMILES string of the molecule is CC.CN(C)CCC(C)(C)C. The van der Waals surface area contributed by atoms with Gasteiger partial charge in [-0.15, -0.1) is 0 Å². The summed E-state index contributed by atoms with van der Waals surface area (Å²) < 4.78 is 0. The van der Waals surface area contributed by atoms with Crippen molar-refractivity contribution in [2.24, 2.45) is 5.41 Å². The van der Waals surface area contributed by atoms with Crippen LogP contribution in [-0.2, 0) is 0 Å². The number of rotatable bonds is 2. The van der Waals surface area contributed by atoms with E-state index in [0.29, 0.717) is 5.41 Å². The zero-order chi connectivity index (χ0) is 9.49. The highest BCUT2D eigenvalue weighted by Crippen LogP contribution is 2.17. The lowest BCUT2D eigenvalue weighted by atomic mass is 9.92. The van der Waals surface area contributed by atoms with Crippen molar-refractivity contribution in [2.45, 2.75) is 41.0 Å². The quantitative estimate of drug-likeness (QED) is 0.598. The second-order valence-electron chi connectivity index (χ2n) is 4.11. The molecule has 0 N–H and O–H groups in total. The van der Waals surface area contributed by atoms with Crippen molar-refractivity contribution in [1.82, 2.24) is 4.90 Å². The first kappa shape index (κ1) is 13.5. The Bertz CT molecular complexity index is 69.4. The molecule has 0 amide bonds. The van der Waals surface area contributed by atoms with E-state index in [1.165, 1.54) is 13.0 Å². The Balaban J connectivity index is 0. The zero-order valence-corrected chi connectivity index (χ0v) is 9.36. The fraction of sp³-hybridized carbons (Fsp3) is 1.00. The molecule has 0 rings (SSSR count). The summed E-state index contributed by atoms with van der Waals surface area (Å²) in [5, 5.41) is 0. The van der Waals surface area contributed by atoms with E-state index in [1.54, 1.807) is 0 Å². The molecule has 0 saturated carbocycles. The molecule has 0 aliphatic carbocycles. The van der Waals surface area contributed by atoms with Crippen LogP contribution >= 0.6 is 0 Å². The molecule has 1 heteroatoms. The summed E-state index contributed by atoms with van der Waals surface area (Å²) in [7, 11) is 4.23. The van der Waals surface area contributed by atoms with Gasteiger partial charge in [-0.1, -0.05) is 34.6 Å². The Hall–Kier alpha value is -0.0400. The molecule has 0 atom stereocenters. The smallest absolute Gasteiger partial charge is 0.00198 e. The van der Waals surface area contributed by atoms with Gasteiger partial charge in [0, 0.05) is 0 Å². The van der Waals surface area contributed by atoms with Gasteiger partial charge in [-0.05, 0) is 32.5 Å². The van der Waals surface area contributed by atoms with Crippen LogP contribution in [0, 0.1) is 5.41 Å². The van der Waals surface area contributed by atoms with Crippen molar-refractivity contribution in [3.63, 3.8) is 0 Å². The Kier molecular flexibility index (Phi) is 8.20. The molecule has 70 valence electrons. The maximum atomic E-state index is 2.27. The molecular weight excluding hydrogens is 134 g/mol.